The number of carbonyl (C=O) groups is 2. The lowest BCUT2D eigenvalue weighted by Crippen LogP contribution is -2.44. The second-order valence-electron chi connectivity index (χ2n) is 7.08. The zero-order valence-corrected chi connectivity index (χ0v) is 16.2. The van der Waals surface area contributed by atoms with Gasteiger partial charge in [0.05, 0.1) is 0 Å². The Kier molecular flexibility index (Phi) is 6.09. The third-order valence-corrected chi connectivity index (χ3v) is 5.88. The molecule has 1 saturated carbocycles. The average Bonchev–Trinajstić information content (AvgIpc) is 3.14. The fourth-order valence-corrected chi connectivity index (χ4v) is 4.30. The normalized spacial score (nSPS) is 16.1. The lowest BCUT2D eigenvalue weighted by Gasteiger charge is -2.26. The van der Waals surface area contributed by atoms with Crippen LogP contribution in [0.25, 0.3) is 0 Å². The molecule has 2 N–H and O–H groups in total. The van der Waals surface area contributed by atoms with Crippen LogP contribution in [0.5, 0.6) is 0 Å². The van der Waals surface area contributed by atoms with Gasteiger partial charge < -0.3 is 10.6 Å². The third-order valence-electron chi connectivity index (χ3n) is 4.94. The molecule has 1 aromatic heterocycles. The van der Waals surface area contributed by atoms with Gasteiger partial charge >= 0.3 is 0 Å². The van der Waals surface area contributed by atoms with Crippen LogP contribution in [0.2, 0.25) is 0 Å². The van der Waals surface area contributed by atoms with E-state index in [4.69, 9.17) is 0 Å². The van der Waals surface area contributed by atoms with E-state index in [1.54, 1.807) is 0 Å². The number of hydrogen-bond acceptors (Lipinski definition) is 3. The van der Waals surface area contributed by atoms with Gasteiger partial charge in [-0.1, -0.05) is 43.0 Å². The molecule has 1 fully saturated rings. The predicted octanol–water partition coefficient (Wildman–Crippen LogP) is 4.28. The molecule has 138 valence electrons. The first kappa shape index (κ1) is 18.6. The summed E-state index contributed by atoms with van der Waals surface area (Å²) >= 11 is 1.49. The van der Waals surface area contributed by atoms with Gasteiger partial charge in [-0.2, -0.15) is 0 Å². The molecule has 3 rings (SSSR count). The van der Waals surface area contributed by atoms with Crippen LogP contribution in [0.15, 0.2) is 35.7 Å². The molecule has 5 heteroatoms. The minimum Gasteiger partial charge on any atom is -0.351 e. The van der Waals surface area contributed by atoms with Crippen molar-refractivity contribution in [3.8, 4) is 0 Å². The van der Waals surface area contributed by atoms with Gasteiger partial charge in [-0.3, -0.25) is 9.59 Å². The molecule has 2 amide bonds. The van der Waals surface area contributed by atoms with Gasteiger partial charge in [0.15, 0.2) is 0 Å². The number of aryl methyl sites for hydroxylation is 2. The van der Waals surface area contributed by atoms with Crippen molar-refractivity contribution in [3.63, 3.8) is 0 Å². The first-order valence-electron chi connectivity index (χ1n) is 9.26. The first-order chi connectivity index (χ1) is 12.5. The average molecular weight is 371 g/mol. The van der Waals surface area contributed by atoms with Gasteiger partial charge in [0.1, 0.15) is 6.04 Å². The van der Waals surface area contributed by atoms with Gasteiger partial charge in [-0.25, -0.2) is 0 Å². The Labute approximate surface area is 159 Å². The summed E-state index contributed by atoms with van der Waals surface area (Å²) in [6.45, 7) is 3.92. The van der Waals surface area contributed by atoms with Crippen LogP contribution in [0.1, 0.15) is 64.5 Å². The Morgan fingerprint density at radius 1 is 1.12 bits per heavy atom. The molecular formula is C21H26N2O2S. The third kappa shape index (κ3) is 4.52. The van der Waals surface area contributed by atoms with Gasteiger partial charge in [0, 0.05) is 16.5 Å². The molecule has 0 saturated heterocycles. The van der Waals surface area contributed by atoms with E-state index in [-0.39, 0.29) is 17.9 Å². The molecular weight excluding hydrogens is 344 g/mol. The van der Waals surface area contributed by atoms with E-state index >= 15 is 0 Å². The molecule has 0 spiro atoms. The van der Waals surface area contributed by atoms with E-state index in [0.717, 1.165) is 41.7 Å². The number of nitrogens with one attached hydrogen (secondary N) is 2. The lowest BCUT2D eigenvalue weighted by molar-refractivity contribution is -0.124. The Bertz CT molecular complexity index is 764. The Morgan fingerprint density at radius 2 is 1.88 bits per heavy atom. The van der Waals surface area contributed by atoms with Crippen LogP contribution in [0, 0.1) is 13.8 Å². The van der Waals surface area contributed by atoms with Crippen LogP contribution in [0.3, 0.4) is 0 Å². The van der Waals surface area contributed by atoms with Crippen molar-refractivity contribution >= 4 is 23.2 Å². The van der Waals surface area contributed by atoms with Crippen LogP contribution in [0.4, 0.5) is 0 Å². The van der Waals surface area contributed by atoms with Crippen LogP contribution in [-0.2, 0) is 4.79 Å². The van der Waals surface area contributed by atoms with E-state index in [1.165, 1.54) is 17.8 Å². The van der Waals surface area contributed by atoms with Gasteiger partial charge in [0.25, 0.3) is 5.91 Å². The molecule has 0 aliphatic heterocycles. The predicted molar refractivity (Wildman–Crippen MR) is 105 cm³/mol. The zero-order chi connectivity index (χ0) is 18.5. The second kappa shape index (κ2) is 8.49. The van der Waals surface area contributed by atoms with Crippen molar-refractivity contribution < 1.29 is 9.59 Å². The second-order valence-corrected chi connectivity index (χ2v) is 8.06. The number of hydrogen-bond donors (Lipinski definition) is 2. The maximum Gasteiger partial charge on any atom is 0.252 e. The number of amides is 2. The van der Waals surface area contributed by atoms with Crippen LogP contribution < -0.4 is 10.6 Å². The molecule has 4 nitrogen and oxygen atoms in total. The summed E-state index contributed by atoms with van der Waals surface area (Å²) in [4.78, 5) is 26.5. The van der Waals surface area contributed by atoms with Gasteiger partial charge in [-0.15, -0.1) is 11.3 Å². The van der Waals surface area contributed by atoms with E-state index in [0.29, 0.717) is 5.56 Å². The summed E-state index contributed by atoms with van der Waals surface area (Å²) < 4.78 is 0. The monoisotopic (exact) mass is 370 g/mol. The Morgan fingerprint density at radius 3 is 2.54 bits per heavy atom. The van der Waals surface area contributed by atoms with E-state index in [2.05, 4.69) is 10.6 Å². The van der Waals surface area contributed by atoms with Gasteiger partial charge in [0.2, 0.25) is 5.91 Å². The van der Waals surface area contributed by atoms with Crippen molar-refractivity contribution in [2.45, 2.75) is 58.0 Å². The minimum absolute atomic E-state index is 0.113. The molecule has 1 unspecified atom stereocenters. The maximum atomic E-state index is 12.9. The number of thiophene rings is 1. The Balaban J connectivity index is 1.75. The highest BCUT2D eigenvalue weighted by Crippen LogP contribution is 2.23. The van der Waals surface area contributed by atoms with Crippen molar-refractivity contribution in [2.24, 2.45) is 0 Å². The van der Waals surface area contributed by atoms with Crippen LogP contribution >= 0.6 is 11.3 Å². The molecule has 1 heterocycles. The SMILES string of the molecule is Cc1ccc(C(=O)NC(C(=O)NC2CCCCC2)c2cccs2)c(C)c1. The summed E-state index contributed by atoms with van der Waals surface area (Å²) in [5.74, 6) is -0.322. The number of benzene rings is 1. The maximum absolute atomic E-state index is 12.9. The highest BCUT2D eigenvalue weighted by molar-refractivity contribution is 7.10. The Hall–Kier alpha value is -2.14. The zero-order valence-electron chi connectivity index (χ0n) is 15.4. The largest absolute Gasteiger partial charge is 0.351 e. The molecule has 1 atom stereocenters. The lowest BCUT2D eigenvalue weighted by atomic mass is 9.95. The quantitative estimate of drug-likeness (QED) is 0.825. The van der Waals surface area contributed by atoms with Crippen LogP contribution in [-0.4, -0.2) is 17.9 Å². The minimum atomic E-state index is -0.648. The fourth-order valence-electron chi connectivity index (χ4n) is 3.53. The van der Waals surface area contributed by atoms with E-state index in [1.807, 2.05) is 49.6 Å². The topological polar surface area (TPSA) is 58.2 Å². The number of carbonyl (C=O) groups excluding carboxylic acids is 2. The number of rotatable bonds is 5. The first-order valence-corrected chi connectivity index (χ1v) is 10.1. The summed E-state index contributed by atoms with van der Waals surface area (Å²) in [7, 11) is 0. The van der Waals surface area contributed by atoms with Crippen molar-refractivity contribution in [1.82, 2.24) is 10.6 Å². The smallest absolute Gasteiger partial charge is 0.252 e. The standard InChI is InChI=1S/C21H26N2O2S/c1-14-10-11-17(15(2)13-14)20(24)23-19(18-9-6-12-26-18)21(25)22-16-7-4-3-5-8-16/h6,9-13,16,19H,3-5,7-8H2,1-2H3,(H,22,25)(H,23,24). The van der Waals surface area contributed by atoms with E-state index in [9.17, 15) is 9.59 Å². The molecule has 1 aliphatic rings. The highest BCUT2D eigenvalue weighted by atomic mass is 32.1. The fraction of sp³-hybridized carbons (Fsp3) is 0.429. The molecule has 0 bridgehead atoms. The van der Waals surface area contributed by atoms with Gasteiger partial charge in [-0.05, 0) is 49.8 Å². The highest BCUT2D eigenvalue weighted by Gasteiger charge is 2.27. The summed E-state index contributed by atoms with van der Waals surface area (Å²) in [6, 6.07) is 9.11. The van der Waals surface area contributed by atoms with Crippen molar-refractivity contribution in [1.29, 1.82) is 0 Å². The molecule has 0 radical (unpaired) electrons. The molecule has 2 aromatic rings. The molecule has 1 aromatic carbocycles. The van der Waals surface area contributed by atoms with Crippen molar-refractivity contribution in [3.05, 3.63) is 57.3 Å². The summed E-state index contributed by atoms with van der Waals surface area (Å²) in [5.41, 5.74) is 2.65. The molecule has 1 aliphatic carbocycles. The molecule has 26 heavy (non-hydrogen) atoms. The summed E-state index contributed by atoms with van der Waals surface area (Å²) in [6.07, 6.45) is 5.60. The van der Waals surface area contributed by atoms with E-state index < -0.39 is 6.04 Å². The van der Waals surface area contributed by atoms with Crippen molar-refractivity contribution in [2.75, 3.05) is 0 Å². The summed E-state index contributed by atoms with van der Waals surface area (Å²) in [5, 5.41) is 8.02.